The van der Waals surface area contributed by atoms with Crippen LogP contribution in [0.25, 0.3) is 0 Å². The summed E-state index contributed by atoms with van der Waals surface area (Å²) < 4.78 is 30.0. The minimum Gasteiger partial charge on any atom is -0.360 e. The SMILES string of the molecule is Cc1cc(NC(=O)CS(=O)(=O)c2nccn2C)no1. The summed E-state index contributed by atoms with van der Waals surface area (Å²) in [6.07, 6.45) is 2.84. The summed E-state index contributed by atoms with van der Waals surface area (Å²) in [7, 11) is -2.24. The Balaban J connectivity index is 2.09. The minimum absolute atomic E-state index is 0.154. The summed E-state index contributed by atoms with van der Waals surface area (Å²) in [5.41, 5.74) is 0. The molecule has 1 N–H and O–H groups in total. The summed E-state index contributed by atoms with van der Waals surface area (Å²) in [6, 6.07) is 1.49. The second-order valence-corrected chi connectivity index (χ2v) is 5.83. The van der Waals surface area contributed by atoms with Crippen LogP contribution in [0.1, 0.15) is 5.76 Å². The highest BCUT2D eigenvalue weighted by Crippen LogP contribution is 2.10. The van der Waals surface area contributed by atoms with E-state index in [-0.39, 0.29) is 11.0 Å². The van der Waals surface area contributed by atoms with Crippen LogP contribution in [0.15, 0.2) is 28.1 Å². The lowest BCUT2D eigenvalue weighted by molar-refractivity contribution is -0.113. The lowest BCUT2D eigenvalue weighted by Gasteiger charge is -2.03. The Morgan fingerprint density at radius 2 is 2.26 bits per heavy atom. The van der Waals surface area contributed by atoms with Crippen LogP contribution in [0.4, 0.5) is 5.82 Å². The summed E-state index contributed by atoms with van der Waals surface area (Å²) in [5, 5.41) is 5.73. The highest BCUT2D eigenvalue weighted by Gasteiger charge is 2.23. The molecule has 1 amide bonds. The zero-order valence-electron chi connectivity index (χ0n) is 10.3. The van der Waals surface area contributed by atoms with Gasteiger partial charge in [0.15, 0.2) is 5.82 Å². The van der Waals surface area contributed by atoms with Gasteiger partial charge in [0, 0.05) is 25.5 Å². The third-order valence-corrected chi connectivity index (χ3v) is 3.86. The van der Waals surface area contributed by atoms with Gasteiger partial charge in [0.25, 0.3) is 0 Å². The number of imidazole rings is 1. The highest BCUT2D eigenvalue weighted by atomic mass is 32.2. The number of hydrogen-bond acceptors (Lipinski definition) is 6. The Hall–Kier alpha value is -2.16. The molecule has 8 nitrogen and oxygen atoms in total. The van der Waals surface area contributed by atoms with Crippen molar-refractivity contribution in [3.8, 4) is 0 Å². The number of anilines is 1. The Labute approximate surface area is 109 Å². The predicted octanol–water partition coefficient (Wildman–Crippen LogP) is 0.129. The topological polar surface area (TPSA) is 107 Å². The van der Waals surface area contributed by atoms with Crippen molar-refractivity contribution in [1.82, 2.24) is 14.7 Å². The molecule has 0 fully saturated rings. The van der Waals surface area contributed by atoms with E-state index in [0.29, 0.717) is 5.76 Å². The molecule has 9 heteroatoms. The van der Waals surface area contributed by atoms with Crippen molar-refractivity contribution in [3.05, 3.63) is 24.2 Å². The number of hydrogen-bond donors (Lipinski definition) is 1. The third-order valence-electron chi connectivity index (χ3n) is 2.27. The standard InChI is InChI=1S/C10H12N4O4S/c1-7-5-8(13-18-7)12-9(15)6-19(16,17)10-11-3-4-14(10)2/h3-5H,6H2,1-2H3,(H,12,13,15). The molecule has 0 unspecified atom stereocenters. The molecule has 0 aliphatic carbocycles. The number of rotatable bonds is 4. The van der Waals surface area contributed by atoms with Gasteiger partial charge in [0.2, 0.25) is 20.9 Å². The zero-order chi connectivity index (χ0) is 14.0. The molecule has 19 heavy (non-hydrogen) atoms. The molecule has 0 radical (unpaired) electrons. The number of carbonyl (C=O) groups excluding carboxylic acids is 1. The van der Waals surface area contributed by atoms with Crippen molar-refractivity contribution < 1.29 is 17.7 Å². The molecule has 0 atom stereocenters. The first-order valence-corrected chi connectivity index (χ1v) is 6.97. The van der Waals surface area contributed by atoms with E-state index in [1.165, 1.54) is 23.0 Å². The summed E-state index contributed by atoms with van der Waals surface area (Å²) in [4.78, 5) is 15.3. The fourth-order valence-corrected chi connectivity index (χ4v) is 2.76. The zero-order valence-corrected chi connectivity index (χ0v) is 11.1. The molecule has 0 spiro atoms. The maximum atomic E-state index is 11.9. The van der Waals surface area contributed by atoms with E-state index >= 15 is 0 Å². The van der Waals surface area contributed by atoms with E-state index in [1.807, 2.05) is 0 Å². The molecule has 0 aliphatic rings. The number of aromatic nitrogens is 3. The first-order valence-electron chi connectivity index (χ1n) is 5.32. The van der Waals surface area contributed by atoms with Crippen molar-refractivity contribution in [3.63, 3.8) is 0 Å². The number of sulfone groups is 1. The predicted molar refractivity (Wildman–Crippen MR) is 65.1 cm³/mol. The molecule has 0 saturated heterocycles. The molecular formula is C10H12N4O4S. The number of aryl methyl sites for hydroxylation is 2. The lowest BCUT2D eigenvalue weighted by Crippen LogP contribution is -2.24. The van der Waals surface area contributed by atoms with Crippen LogP contribution in [-0.2, 0) is 21.7 Å². The molecule has 2 aromatic heterocycles. The van der Waals surface area contributed by atoms with Gasteiger partial charge in [-0.3, -0.25) is 4.79 Å². The van der Waals surface area contributed by atoms with Gasteiger partial charge in [0.1, 0.15) is 11.5 Å². The van der Waals surface area contributed by atoms with Gasteiger partial charge in [0.05, 0.1) is 0 Å². The van der Waals surface area contributed by atoms with E-state index in [0.717, 1.165) is 0 Å². The molecule has 2 aromatic rings. The fourth-order valence-electron chi connectivity index (χ4n) is 1.49. The fraction of sp³-hybridized carbons (Fsp3) is 0.300. The molecule has 0 saturated carbocycles. The Kier molecular flexibility index (Phi) is 3.38. The molecule has 0 aromatic carbocycles. The van der Waals surface area contributed by atoms with Crippen molar-refractivity contribution in [2.24, 2.45) is 7.05 Å². The van der Waals surface area contributed by atoms with Gasteiger partial charge >= 0.3 is 0 Å². The summed E-state index contributed by atoms with van der Waals surface area (Å²) in [5.74, 6) is -0.708. The quantitative estimate of drug-likeness (QED) is 0.855. The molecular weight excluding hydrogens is 272 g/mol. The van der Waals surface area contributed by atoms with Gasteiger partial charge in [-0.15, -0.1) is 0 Å². The smallest absolute Gasteiger partial charge is 0.241 e. The van der Waals surface area contributed by atoms with Crippen LogP contribution in [0.2, 0.25) is 0 Å². The van der Waals surface area contributed by atoms with Crippen LogP contribution in [0, 0.1) is 6.92 Å². The Bertz CT molecular complexity index is 701. The molecule has 102 valence electrons. The highest BCUT2D eigenvalue weighted by molar-refractivity contribution is 7.92. The van der Waals surface area contributed by atoms with Crippen LogP contribution in [0.5, 0.6) is 0 Å². The summed E-state index contributed by atoms with van der Waals surface area (Å²) in [6.45, 7) is 1.66. The second kappa shape index (κ2) is 4.84. The largest absolute Gasteiger partial charge is 0.360 e. The number of nitrogens with one attached hydrogen (secondary N) is 1. The van der Waals surface area contributed by atoms with Crippen molar-refractivity contribution in [1.29, 1.82) is 0 Å². The molecule has 0 bridgehead atoms. The van der Waals surface area contributed by atoms with Crippen LogP contribution >= 0.6 is 0 Å². The number of amides is 1. The first-order chi connectivity index (χ1) is 8.88. The van der Waals surface area contributed by atoms with E-state index in [4.69, 9.17) is 4.52 Å². The Morgan fingerprint density at radius 1 is 1.53 bits per heavy atom. The van der Waals surface area contributed by atoms with E-state index in [2.05, 4.69) is 15.5 Å². The summed E-state index contributed by atoms with van der Waals surface area (Å²) >= 11 is 0. The van der Waals surface area contributed by atoms with E-state index in [9.17, 15) is 13.2 Å². The maximum Gasteiger partial charge on any atom is 0.241 e. The normalized spacial score (nSPS) is 11.5. The average molecular weight is 284 g/mol. The van der Waals surface area contributed by atoms with Gasteiger partial charge in [-0.1, -0.05) is 5.16 Å². The van der Waals surface area contributed by atoms with Gasteiger partial charge in [-0.2, -0.15) is 0 Å². The average Bonchev–Trinajstić information content (AvgIpc) is 2.87. The number of carbonyl (C=O) groups is 1. The monoisotopic (exact) mass is 284 g/mol. The third kappa shape index (κ3) is 2.99. The van der Waals surface area contributed by atoms with Gasteiger partial charge in [-0.25, -0.2) is 13.4 Å². The maximum absolute atomic E-state index is 11.9. The van der Waals surface area contributed by atoms with Crippen LogP contribution in [-0.4, -0.2) is 34.8 Å². The Morgan fingerprint density at radius 3 is 2.79 bits per heavy atom. The second-order valence-electron chi connectivity index (χ2n) is 3.95. The van der Waals surface area contributed by atoms with Crippen molar-refractivity contribution in [2.45, 2.75) is 12.1 Å². The minimum atomic E-state index is -3.78. The van der Waals surface area contributed by atoms with Gasteiger partial charge < -0.3 is 14.4 Å². The first kappa shape index (κ1) is 13.3. The van der Waals surface area contributed by atoms with Crippen molar-refractivity contribution in [2.75, 3.05) is 11.1 Å². The lowest BCUT2D eigenvalue weighted by atomic mass is 10.5. The van der Waals surface area contributed by atoms with E-state index < -0.39 is 21.5 Å². The van der Waals surface area contributed by atoms with Gasteiger partial charge in [-0.05, 0) is 6.92 Å². The molecule has 2 heterocycles. The van der Waals surface area contributed by atoms with E-state index in [1.54, 1.807) is 14.0 Å². The van der Waals surface area contributed by atoms with Crippen LogP contribution in [0.3, 0.4) is 0 Å². The van der Waals surface area contributed by atoms with Crippen molar-refractivity contribution >= 4 is 21.6 Å². The number of nitrogens with zero attached hydrogens (tertiary/aromatic N) is 3. The van der Waals surface area contributed by atoms with Crippen LogP contribution < -0.4 is 5.32 Å². The molecule has 0 aliphatic heterocycles. The molecule has 2 rings (SSSR count).